The molecule has 0 unspecified atom stereocenters. The summed E-state index contributed by atoms with van der Waals surface area (Å²) in [6.45, 7) is 1.89. The van der Waals surface area contributed by atoms with Gasteiger partial charge in [-0.15, -0.1) is 0 Å². The largest absolute Gasteiger partial charge is 0.465 e. The molecule has 4 rings (SSSR count). The molecule has 0 aliphatic heterocycles. The van der Waals surface area contributed by atoms with E-state index in [1.807, 2.05) is 79.7 Å². The number of carbonyl (C=O) groups is 1. The van der Waals surface area contributed by atoms with Crippen LogP contribution in [-0.4, -0.2) is 28.6 Å². The van der Waals surface area contributed by atoms with Gasteiger partial charge in [-0.05, 0) is 54.0 Å². The first-order valence-corrected chi connectivity index (χ1v) is 11.1. The van der Waals surface area contributed by atoms with E-state index in [9.17, 15) is 9.90 Å². The molecule has 1 aromatic heterocycles. The number of ether oxygens (including phenoxy) is 1. The lowest BCUT2D eigenvalue weighted by Crippen LogP contribution is -2.29. The first-order chi connectivity index (χ1) is 15.9. The number of hydrogen-bond acceptors (Lipinski definition) is 4. The van der Waals surface area contributed by atoms with Gasteiger partial charge >= 0.3 is 5.97 Å². The maximum Gasteiger partial charge on any atom is 0.338 e. The third kappa shape index (κ3) is 5.02. The standard InChI is InChI=1S/C28H24ClNO3.H2O/c1-3-28(32,25-10-5-4-9-24(25)27(31)33-2)21-8-6-7-19(17-21)11-15-23-16-13-20-12-14-22(29)18-26(20)30-23;/h4-18,32H,3H2,1-2H3;1H2/b15-11+;/t28-;/m1./s1. The van der Waals surface area contributed by atoms with Gasteiger partial charge in [-0.2, -0.15) is 0 Å². The molecule has 3 aromatic carbocycles. The fourth-order valence-electron chi connectivity index (χ4n) is 3.96. The summed E-state index contributed by atoms with van der Waals surface area (Å²) < 4.78 is 4.93. The Morgan fingerprint density at radius 2 is 1.79 bits per heavy atom. The molecule has 5 nitrogen and oxygen atoms in total. The van der Waals surface area contributed by atoms with Crippen LogP contribution in [0.2, 0.25) is 5.02 Å². The van der Waals surface area contributed by atoms with Gasteiger partial charge < -0.3 is 15.3 Å². The molecule has 174 valence electrons. The lowest BCUT2D eigenvalue weighted by atomic mass is 9.81. The van der Waals surface area contributed by atoms with Crippen LogP contribution in [0.15, 0.2) is 78.9 Å². The molecular weight excluding hydrogens is 450 g/mol. The lowest BCUT2D eigenvalue weighted by Gasteiger charge is -2.30. The number of pyridine rings is 1. The second-order valence-corrected chi connectivity index (χ2v) is 8.22. The van der Waals surface area contributed by atoms with Crippen molar-refractivity contribution in [3.05, 3.63) is 112 Å². The first-order valence-electron chi connectivity index (χ1n) is 10.7. The van der Waals surface area contributed by atoms with Gasteiger partial charge in [-0.3, -0.25) is 0 Å². The minimum atomic E-state index is -1.34. The number of aromatic nitrogens is 1. The number of benzene rings is 3. The van der Waals surface area contributed by atoms with Crippen LogP contribution in [-0.2, 0) is 10.3 Å². The van der Waals surface area contributed by atoms with Crippen LogP contribution in [0, 0.1) is 0 Å². The van der Waals surface area contributed by atoms with E-state index in [1.54, 1.807) is 18.2 Å². The van der Waals surface area contributed by atoms with Crippen molar-refractivity contribution in [2.45, 2.75) is 18.9 Å². The van der Waals surface area contributed by atoms with Crippen molar-refractivity contribution < 1.29 is 20.1 Å². The Balaban J connectivity index is 0.00000324. The second kappa shape index (κ2) is 10.6. The van der Waals surface area contributed by atoms with E-state index < -0.39 is 11.6 Å². The van der Waals surface area contributed by atoms with Crippen molar-refractivity contribution in [1.29, 1.82) is 0 Å². The fourth-order valence-corrected chi connectivity index (χ4v) is 4.13. The topological polar surface area (TPSA) is 90.9 Å². The maximum absolute atomic E-state index is 12.3. The van der Waals surface area contributed by atoms with E-state index >= 15 is 0 Å². The fraction of sp³-hybridized carbons (Fsp3) is 0.143. The molecule has 0 radical (unpaired) electrons. The quantitative estimate of drug-likeness (QED) is 0.364. The summed E-state index contributed by atoms with van der Waals surface area (Å²) in [5.74, 6) is -0.476. The Morgan fingerprint density at radius 1 is 1.03 bits per heavy atom. The van der Waals surface area contributed by atoms with E-state index in [1.165, 1.54) is 7.11 Å². The Morgan fingerprint density at radius 3 is 2.56 bits per heavy atom. The molecule has 6 heteroatoms. The molecule has 0 bridgehead atoms. The zero-order valence-electron chi connectivity index (χ0n) is 19.0. The molecule has 3 N–H and O–H groups in total. The third-order valence-electron chi connectivity index (χ3n) is 5.78. The number of halogens is 1. The van der Waals surface area contributed by atoms with Gasteiger partial charge in [0, 0.05) is 16.0 Å². The maximum atomic E-state index is 12.3. The highest BCUT2D eigenvalue weighted by molar-refractivity contribution is 6.31. The minimum absolute atomic E-state index is 0. The molecule has 0 fully saturated rings. The summed E-state index contributed by atoms with van der Waals surface area (Å²) >= 11 is 6.10. The summed E-state index contributed by atoms with van der Waals surface area (Å²) in [7, 11) is 1.34. The summed E-state index contributed by atoms with van der Waals surface area (Å²) in [6.07, 6.45) is 4.26. The molecule has 1 atom stereocenters. The average Bonchev–Trinajstić information content (AvgIpc) is 2.86. The lowest BCUT2D eigenvalue weighted by molar-refractivity contribution is 0.0552. The Bertz CT molecular complexity index is 1350. The van der Waals surface area contributed by atoms with Crippen LogP contribution in [0.3, 0.4) is 0 Å². The highest BCUT2D eigenvalue weighted by Gasteiger charge is 2.33. The summed E-state index contributed by atoms with van der Waals surface area (Å²) in [5, 5.41) is 13.4. The summed E-state index contributed by atoms with van der Waals surface area (Å²) in [4.78, 5) is 17.0. The average molecular weight is 476 g/mol. The van der Waals surface area contributed by atoms with E-state index in [0.717, 1.165) is 22.2 Å². The predicted molar refractivity (Wildman–Crippen MR) is 137 cm³/mol. The molecule has 0 aliphatic rings. The van der Waals surface area contributed by atoms with Gasteiger partial charge in [0.2, 0.25) is 0 Å². The first kappa shape index (κ1) is 25.1. The number of esters is 1. The molecule has 34 heavy (non-hydrogen) atoms. The van der Waals surface area contributed by atoms with Crippen LogP contribution in [0.5, 0.6) is 0 Å². The van der Waals surface area contributed by atoms with E-state index in [2.05, 4.69) is 4.98 Å². The van der Waals surface area contributed by atoms with Crippen molar-refractivity contribution in [3.8, 4) is 0 Å². The zero-order valence-corrected chi connectivity index (χ0v) is 19.7. The van der Waals surface area contributed by atoms with Crippen LogP contribution < -0.4 is 0 Å². The predicted octanol–water partition coefficient (Wildman–Crippen LogP) is 5.67. The zero-order chi connectivity index (χ0) is 23.4. The Hall–Kier alpha value is -3.51. The minimum Gasteiger partial charge on any atom is -0.465 e. The van der Waals surface area contributed by atoms with Crippen molar-refractivity contribution in [2.75, 3.05) is 7.11 Å². The van der Waals surface area contributed by atoms with E-state index in [0.29, 0.717) is 28.1 Å². The van der Waals surface area contributed by atoms with Crippen molar-refractivity contribution in [3.63, 3.8) is 0 Å². The second-order valence-electron chi connectivity index (χ2n) is 7.78. The van der Waals surface area contributed by atoms with Gasteiger partial charge in [0.25, 0.3) is 0 Å². The summed E-state index contributed by atoms with van der Waals surface area (Å²) in [6, 6.07) is 24.2. The number of hydrogen-bond donors (Lipinski definition) is 1. The number of fused-ring (bicyclic) bond motifs is 1. The van der Waals surface area contributed by atoms with Gasteiger partial charge in [0.05, 0.1) is 23.9 Å². The number of nitrogens with zero attached hydrogens (tertiary/aromatic N) is 1. The number of aliphatic hydroxyl groups is 1. The molecular formula is C28H26ClNO4. The highest BCUT2D eigenvalue weighted by Crippen LogP contribution is 2.36. The number of methoxy groups -OCH3 is 1. The SMILES string of the molecule is CC[C@@](O)(c1cccc(/C=C/c2ccc3ccc(Cl)cc3n2)c1)c1ccccc1C(=O)OC.O. The van der Waals surface area contributed by atoms with E-state index in [4.69, 9.17) is 16.3 Å². The van der Waals surface area contributed by atoms with Crippen LogP contribution in [0.4, 0.5) is 0 Å². The molecule has 1 heterocycles. The van der Waals surface area contributed by atoms with Crippen LogP contribution in [0.1, 0.15) is 46.1 Å². The van der Waals surface area contributed by atoms with Gasteiger partial charge in [0.1, 0.15) is 5.60 Å². The molecule has 0 aliphatic carbocycles. The molecule has 0 saturated carbocycles. The Kier molecular flexibility index (Phi) is 7.84. The smallest absolute Gasteiger partial charge is 0.338 e. The van der Waals surface area contributed by atoms with Crippen LogP contribution in [0.25, 0.3) is 23.1 Å². The number of carbonyl (C=O) groups excluding carboxylic acids is 1. The van der Waals surface area contributed by atoms with Crippen molar-refractivity contribution in [2.24, 2.45) is 0 Å². The molecule has 0 saturated heterocycles. The monoisotopic (exact) mass is 475 g/mol. The molecule has 4 aromatic rings. The van der Waals surface area contributed by atoms with Gasteiger partial charge in [-0.25, -0.2) is 9.78 Å². The highest BCUT2D eigenvalue weighted by atomic mass is 35.5. The van der Waals surface area contributed by atoms with E-state index in [-0.39, 0.29) is 5.48 Å². The Labute approximate surface area is 203 Å². The van der Waals surface area contributed by atoms with Crippen molar-refractivity contribution in [1.82, 2.24) is 4.98 Å². The third-order valence-corrected chi connectivity index (χ3v) is 6.01. The summed E-state index contributed by atoms with van der Waals surface area (Å²) in [5.41, 5.74) is 2.77. The van der Waals surface area contributed by atoms with Gasteiger partial charge in [0.15, 0.2) is 0 Å². The van der Waals surface area contributed by atoms with Gasteiger partial charge in [-0.1, -0.05) is 73.1 Å². The normalized spacial score (nSPS) is 12.8. The number of rotatable bonds is 6. The molecule has 0 spiro atoms. The van der Waals surface area contributed by atoms with Crippen LogP contribution >= 0.6 is 11.6 Å². The molecule has 0 amide bonds. The van der Waals surface area contributed by atoms with Crippen molar-refractivity contribution >= 4 is 40.6 Å².